The second kappa shape index (κ2) is 8.23. The number of carbonyl (C=O) groups excluding carboxylic acids is 5. The zero-order chi connectivity index (χ0) is 25.1. The van der Waals surface area contributed by atoms with Gasteiger partial charge in [0.05, 0.1) is 20.3 Å². The van der Waals surface area contributed by atoms with Gasteiger partial charge in [-0.1, -0.05) is 0 Å². The molecular weight excluding hydrogens is 444 g/mol. The number of nitrogens with zero attached hydrogens (tertiary/aromatic N) is 2. The van der Waals surface area contributed by atoms with Crippen molar-refractivity contribution in [3.05, 3.63) is 0 Å². The van der Waals surface area contributed by atoms with Gasteiger partial charge >= 0.3 is 17.9 Å². The highest BCUT2D eigenvalue weighted by Crippen LogP contribution is 2.56. The quantitative estimate of drug-likeness (QED) is 0.335. The van der Waals surface area contributed by atoms with Gasteiger partial charge in [-0.05, 0) is 58.8 Å². The average Bonchev–Trinajstić information content (AvgIpc) is 2.79. The lowest BCUT2D eigenvalue weighted by Crippen LogP contribution is -2.77. The minimum atomic E-state index is -2.10. The number of esters is 3. The van der Waals surface area contributed by atoms with Crippen molar-refractivity contribution in [3.8, 4) is 0 Å². The van der Waals surface area contributed by atoms with Gasteiger partial charge in [-0.2, -0.15) is 0 Å². The van der Waals surface area contributed by atoms with Crippen molar-refractivity contribution in [1.29, 1.82) is 0 Å². The Hall–Kier alpha value is -2.65. The van der Waals surface area contributed by atoms with Crippen molar-refractivity contribution < 1.29 is 38.2 Å². The summed E-state index contributed by atoms with van der Waals surface area (Å²) in [6, 6.07) is -0.984. The zero-order valence-electron chi connectivity index (χ0n) is 20.5. The first kappa shape index (κ1) is 24.5. The van der Waals surface area contributed by atoms with E-state index in [9.17, 15) is 24.0 Å². The van der Waals surface area contributed by atoms with Crippen LogP contribution in [0.3, 0.4) is 0 Å². The minimum Gasteiger partial charge on any atom is -0.468 e. The SMILES string of the molecule is COC(=O)C1(C(=O)OC)CC[C@H]2N(C[C@@H]3CCC(=O)N4CCC[C@@]2(C(=O)OC(C)(C)C)[C@H]34)C1=O. The molecule has 4 atom stereocenters. The Kier molecular flexibility index (Phi) is 5.93. The third kappa shape index (κ3) is 3.32. The van der Waals surface area contributed by atoms with Crippen LogP contribution in [-0.2, 0) is 38.2 Å². The summed E-state index contributed by atoms with van der Waals surface area (Å²) in [6.45, 7) is 6.19. The van der Waals surface area contributed by atoms with Crippen LogP contribution >= 0.6 is 0 Å². The van der Waals surface area contributed by atoms with Crippen molar-refractivity contribution in [3.63, 3.8) is 0 Å². The molecule has 4 aliphatic rings. The molecule has 34 heavy (non-hydrogen) atoms. The molecule has 10 heteroatoms. The summed E-state index contributed by atoms with van der Waals surface area (Å²) >= 11 is 0. The summed E-state index contributed by atoms with van der Waals surface area (Å²) in [5, 5.41) is 0. The van der Waals surface area contributed by atoms with Gasteiger partial charge in [0.2, 0.25) is 11.3 Å². The zero-order valence-corrected chi connectivity index (χ0v) is 20.5. The maximum atomic E-state index is 13.9. The van der Waals surface area contributed by atoms with E-state index in [2.05, 4.69) is 0 Å². The van der Waals surface area contributed by atoms with Gasteiger partial charge in [-0.15, -0.1) is 0 Å². The summed E-state index contributed by atoms with van der Waals surface area (Å²) in [6.07, 6.45) is 1.99. The lowest BCUT2D eigenvalue weighted by molar-refractivity contribution is -0.211. The van der Waals surface area contributed by atoms with Gasteiger partial charge in [0, 0.05) is 25.6 Å². The van der Waals surface area contributed by atoms with Gasteiger partial charge in [0.1, 0.15) is 11.0 Å². The van der Waals surface area contributed by atoms with E-state index in [0.29, 0.717) is 32.2 Å². The fraction of sp³-hybridized carbons (Fsp3) is 0.792. The van der Waals surface area contributed by atoms with Crippen LogP contribution in [0.4, 0.5) is 0 Å². The number of carbonyl (C=O) groups is 5. The van der Waals surface area contributed by atoms with Crippen LogP contribution in [0.15, 0.2) is 0 Å². The molecule has 4 heterocycles. The van der Waals surface area contributed by atoms with E-state index in [-0.39, 0.29) is 37.3 Å². The number of hydrogen-bond acceptors (Lipinski definition) is 8. The minimum absolute atomic E-state index is 0.0166. The van der Waals surface area contributed by atoms with Crippen LogP contribution in [0.2, 0.25) is 0 Å². The van der Waals surface area contributed by atoms with Crippen LogP contribution in [0.1, 0.15) is 59.3 Å². The Balaban J connectivity index is 1.84. The van der Waals surface area contributed by atoms with E-state index in [1.54, 1.807) is 20.8 Å². The van der Waals surface area contributed by atoms with E-state index in [1.807, 2.05) is 4.90 Å². The van der Waals surface area contributed by atoms with E-state index < -0.39 is 46.3 Å². The maximum Gasteiger partial charge on any atom is 0.333 e. The van der Waals surface area contributed by atoms with Crippen molar-refractivity contribution >= 4 is 29.7 Å². The molecule has 0 radical (unpaired) electrons. The van der Waals surface area contributed by atoms with Gasteiger partial charge in [0.15, 0.2) is 0 Å². The lowest BCUT2D eigenvalue weighted by Gasteiger charge is -2.64. The number of piperidine rings is 4. The first-order valence-electron chi connectivity index (χ1n) is 11.9. The molecule has 2 amide bonds. The molecule has 0 spiro atoms. The van der Waals surface area contributed by atoms with Crippen LogP contribution in [0.25, 0.3) is 0 Å². The molecule has 0 bridgehead atoms. The molecule has 0 unspecified atom stereocenters. The predicted molar refractivity (Wildman–Crippen MR) is 117 cm³/mol. The number of rotatable bonds is 3. The second-order valence-electron chi connectivity index (χ2n) is 10.9. The highest BCUT2D eigenvalue weighted by molar-refractivity contribution is 6.20. The molecule has 10 nitrogen and oxygen atoms in total. The molecule has 4 fully saturated rings. The van der Waals surface area contributed by atoms with Gasteiger partial charge in [-0.3, -0.25) is 24.0 Å². The van der Waals surface area contributed by atoms with Crippen molar-refractivity contribution in [2.24, 2.45) is 16.7 Å². The van der Waals surface area contributed by atoms with Crippen molar-refractivity contribution in [1.82, 2.24) is 9.80 Å². The normalized spacial score (nSPS) is 32.3. The molecule has 0 aliphatic carbocycles. The summed E-state index contributed by atoms with van der Waals surface area (Å²) in [5.41, 5.74) is -3.98. The van der Waals surface area contributed by atoms with Crippen molar-refractivity contribution in [2.45, 2.75) is 77.0 Å². The highest BCUT2D eigenvalue weighted by atomic mass is 16.6. The Morgan fingerprint density at radius 2 is 1.59 bits per heavy atom. The number of fused-ring (bicyclic) bond motifs is 2. The van der Waals surface area contributed by atoms with E-state index >= 15 is 0 Å². The van der Waals surface area contributed by atoms with Gasteiger partial charge in [-0.25, -0.2) is 0 Å². The molecule has 0 saturated carbocycles. The molecule has 4 aliphatic heterocycles. The van der Waals surface area contributed by atoms with E-state index in [0.717, 1.165) is 14.2 Å². The monoisotopic (exact) mass is 478 g/mol. The van der Waals surface area contributed by atoms with Gasteiger partial charge in [0.25, 0.3) is 5.91 Å². The first-order valence-corrected chi connectivity index (χ1v) is 11.9. The van der Waals surface area contributed by atoms with Crippen LogP contribution in [0.5, 0.6) is 0 Å². The number of amides is 2. The standard InChI is InChI=1S/C24H34N2O8/c1-22(2,3)34-21(31)23-10-6-12-25-16(27)8-7-14(17(23)25)13-26-15(23)9-11-24(18(26)28,19(29)32-4)20(30)33-5/h14-15,17H,6-13H2,1-5H3/t14-,15+,17-,23-/m0/s1. The first-order chi connectivity index (χ1) is 15.9. The third-order valence-electron chi connectivity index (χ3n) is 8.02. The summed E-state index contributed by atoms with van der Waals surface area (Å²) in [4.78, 5) is 69.6. The molecular formula is C24H34N2O8. The number of ether oxygens (including phenoxy) is 3. The second-order valence-corrected chi connectivity index (χ2v) is 10.9. The smallest absolute Gasteiger partial charge is 0.333 e. The Morgan fingerprint density at radius 3 is 2.18 bits per heavy atom. The van der Waals surface area contributed by atoms with Crippen LogP contribution in [0, 0.1) is 16.7 Å². The Bertz CT molecular complexity index is 908. The number of hydrogen-bond donors (Lipinski definition) is 0. The van der Waals surface area contributed by atoms with Crippen LogP contribution in [-0.4, -0.2) is 84.5 Å². The number of methoxy groups -OCH3 is 2. The predicted octanol–water partition coefficient (Wildman–Crippen LogP) is 1.05. The molecule has 0 aromatic carbocycles. The molecule has 188 valence electrons. The van der Waals surface area contributed by atoms with Crippen molar-refractivity contribution in [2.75, 3.05) is 27.3 Å². The largest absolute Gasteiger partial charge is 0.468 e. The Labute approximate surface area is 199 Å². The van der Waals surface area contributed by atoms with E-state index in [4.69, 9.17) is 14.2 Å². The molecule has 0 N–H and O–H groups in total. The maximum absolute atomic E-state index is 13.9. The van der Waals surface area contributed by atoms with Gasteiger partial charge < -0.3 is 24.0 Å². The molecule has 0 aromatic rings. The van der Waals surface area contributed by atoms with Crippen LogP contribution < -0.4 is 0 Å². The molecule has 4 saturated heterocycles. The fourth-order valence-corrected chi connectivity index (χ4v) is 6.77. The summed E-state index contributed by atoms with van der Waals surface area (Å²) in [7, 11) is 2.26. The molecule has 0 aromatic heterocycles. The fourth-order valence-electron chi connectivity index (χ4n) is 6.77. The van der Waals surface area contributed by atoms with E-state index in [1.165, 1.54) is 4.90 Å². The lowest BCUT2D eigenvalue weighted by atomic mass is 9.56. The topological polar surface area (TPSA) is 120 Å². The molecule has 4 rings (SSSR count). The third-order valence-corrected chi connectivity index (χ3v) is 8.02. The highest BCUT2D eigenvalue weighted by Gasteiger charge is 2.70. The average molecular weight is 479 g/mol. The Morgan fingerprint density at radius 1 is 0.941 bits per heavy atom. The summed E-state index contributed by atoms with van der Waals surface area (Å²) in [5.74, 6) is -3.20. The summed E-state index contributed by atoms with van der Waals surface area (Å²) < 4.78 is 15.7.